The van der Waals surface area contributed by atoms with Crippen LogP contribution in [0.3, 0.4) is 0 Å². The summed E-state index contributed by atoms with van der Waals surface area (Å²) in [7, 11) is -0.820. The standard InChI is InChI=1S/C23H26N4O3S/c1-31(30)20-13-26(14-20)23-24-11-19(12-25-23)27-9-8-18(22(27)29)10-15-2-4-16(5-3-15)21(28)17-6-7-17/h2-5,11-12,17-18,20H,6-10,13-14H2,1H3. The van der Waals surface area contributed by atoms with Gasteiger partial charge < -0.3 is 9.80 Å². The Hall–Kier alpha value is -2.61. The fraction of sp³-hybridized carbons (Fsp3) is 0.478. The average Bonchev–Trinajstić information content (AvgIpc) is 3.52. The third kappa shape index (κ3) is 4.13. The van der Waals surface area contributed by atoms with Gasteiger partial charge in [-0.05, 0) is 31.2 Å². The summed E-state index contributed by atoms with van der Waals surface area (Å²) in [5, 5.41) is 0.185. The Morgan fingerprint density at radius 1 is 1.10 bits per heavy atom. The van der Waals surface area contributed by atoms with Crippen LogP contribution in [-0.4, -0.2) is 57.0 Å². The molecule has 3 aliphatic rings. The number of carbonyl (C=O) groups excluding carboxylic acids is 2. The number of anilines is 2. The smallest absolute Gasteiger partial charge is 0.230 e. The van der Waals surface area contributed by atoms with Gasteiger partial charge in [-0.3, -0.25) is 13.8 Å². The van der Waals surface area contributed by atoms with E-state index in [0.29, 0.717) is 32.0 Å². The van der Waals surface area contributed by atoms with Gasteiger partial charge in [0, 0.05) is 54.1 Å². The maximum Gasteiger partial charge on any atom is 0.230 e. The summed E-state index contributed by atoms with van der Waals surface area (Å²) in [6.07, 6.45) is 8.62. The van der Waals surface area contributed by atoms with Crippen LogP contribution < -0.4 is 9.80 Å². The van der Waals surface area contributed by atoms with Crippen LogP contribution in [0, 0.1) is 11.8 Å². The third-order valence-electron chi connectivity index (χ3n) is 6.52. The zero-order valence-corrected chi connectivity index (χ0v) is 18.4. The number of hydrogen-bond donors (Lipinski definition) is 0. The number of aromatic nitrogens is 2. The summed E-state index contributed by atoms with van der Waals surface area (Å²) >= 11 is 0. The Morgan fingerprint density at radius 2 is 1.77 bits per heavy atom. The van der Waals surface area contributed by atoms with Crippen LogP contribution in [0.2, 0.25) is 0 Å². The summed E-state index contributed by atoms with van der Waals surface area (Å²) in [6.45, 7) is 2.07. The van der Waals surface area contributed by atoms with E-state index in [0.717, 1.165) is 36.1 Å². The highest BCUT2D eigenvalue weighted by molar-refractivity contribution is 7.85. The van der Waals surface area contributed by atoms with Gasteiger partial charge in [-0.25, -0.2) is 9.97 Å². The number of rotatable bonds is 7. The quantitative estimate of drug-likeness (QED) is 0.617. The number of Topliss-reactive ketones (excluding diaryl/α,β-unsaturated/α-hetero) is 1. The van der Waals surface area contributed by atoms with Crippen LogP contribution in [0.25, 0.3) is 0 Å². The third-order valence-corrected chi connectivity index (χ3v) is 7.76. The Labute approximate surface area is 184 Å². The molecule has 0 bridgehead atoms. The van der Waals surface area contributed by atoms with Gasteiger partial charge in [0.15, 0.2) is 5.78 Å². The molecule has 1 aliphatic carbocycles. The fourth-order valence-corrected chi connectivity index (χ4v) is 5.06. The molecule has 3 fully saturated rings. The van der Waals surface area contributed by atoms with Crippen molar-refractivity contribution >= 4 is 34.1 Å². The summed E-state index contributed by atoms with van der Waals surface area (Å²) in [5.74, 6) is 1.12. The zero-order chi connectivity index (χ0) is 21.5. The number of nitrogens with zero attached hydrogens (tertiary/aromatic N) is 4. The fourth-order valence-electron chi connectivity index (χ4n) is 4.28. The lowest BCUT2D eigenvalue weighted by Gasteiger charge is -2.37. The van der Waals surface area contributed by atoms with Gasteiger partial charge in [0.25, 0.3) is 0 Å². The molecule has 7 nitrogen and oxygen atoms in total. The molecule has 3 heterocycles. The maximum absolute atomic E-state index is 13.0. The Morgan fingerprint density at radius 3 is 2.39 bits per heavy atom. The molecule has 2 aliphatic heterocycles. The molecular formula is C23H26N4O3S. The van der Waals surface area contributed by atoms with Crippen molar-refractivity contribution in [3.05, 3.63) is 47.8 Å². The molecule has 1 saturated carbocycles. The number of ketones is 1. The van der Waals surface area contributed by atoms with Crippen molar-refractivity contribution < 1.29 is 13.8 Å². The molecule has 2 saturated heterocycles. The van der Waals surface area contributed by atoms with Crippen molar-refractivity contribution in [1.82, 2.24) is 9.97 Å². The van der Waals surface area contributed by atoms with Gasteiger partial charge in [-0.15, -0.1) is 0 Å². The summed E-state index contributed by atoms with van der Waals surface area (Å²) in [4.78, 5) is 37.7. The summed E-state index contributed by atoms with van der Waals surface area (Å²) in [6, 6.07) is 7.75. The predicted octanol–water partition coefficient (Wildman–Crippen LogP) is 2.23. The van der Waals surface area contributed by atoms with Crippen LogP contribution in [0.4, 0.5) is 11.6 Å². The topological polar surface area (TPSA) is 83.5 Å². The number of carbonyl (C=O) groups is 2. The minimum absolute atomic E-state index is 0.0691. The van der Waals surface area contributed by atoms with E-state index in [1.807, 2.05) is 29.2 Å². The van der Waals surface area contributed by atoms with E-state index < -0.39 is 10.8 Å². The monoisotopic (exact) mass is 438 g/mol. The molecule has 5 rings (SSSR count). The molecule has 8 heteroatoms. The summed E-state index contributed by atoms with van der Waals surface area (Å²) < 4.78 is 11.5. The Balaban J connectivity index is 1.19. The molecule has 1 amide bonds. The average molecular weight is 439 g/mol. The van der Waals surface area contributed by atoms with E-state index in [1.165, 1.54) is 0 Å². The molecule has 162 valence electrons. The highest BCUT2D eigenvalue weighted by atomic mass is 32.2. The van der Waals surface area contributed by atoms with E-state index in [1.54, 1.807) is 23.5 Å². The molecule has 1 aromatic heterocycles. The largest absolute Gasteiger partial charge is 0.338 e. The minimum Gasteiger partial charge on any atom is -0.338 e. The lowest BCUT2D eigenvalue weighted by Crippen LogP contribution is -2.53. The van der Waals surface area contributed by atoms with Gasteiger partial charge in [0.2, 0.25) is 11.9 Å². The van der Waals surface area contributed by atoms with E-state index in [-0.39, 0.29) is 28.8 Å². The molecule has 2 unspecified atom stereocenters. The normalized spacial score (nSPS) is 22.5. The molecule has 0 spiro atoms. The zero-order valence-electron chi connectivity index (χ0n) is 17.6. The number of benzene rings is 1. The molecule has 1 aromatic carbocycles. The first-order valence-electron chi connectivity index (χ1n) is 10.8. The van der Waals surface area contributed by atoms with Gasteiger partial charge in [0.1, 0.15) is 0 Å². The highest BCUT2D eigenvalue weighted by Crippen LogP contribution is 2.33. The first kappa shape index (κ1) is 20.3. The Bertz CT molecular complexity index is 1010. The second-order valence-corrected chi connectivity index (χ2v) is 10.4. The second kappa shape index (κ2) is 8.15. The number of amides is 1. The first-order valence-corrected chi connectivity index (χ1v) is 12.5. The van der Waals surface area contributed by atoms with Gasteiger partial charge in [-0.1, -0.05) is 24.3 Å². The lowest BCUT2D eigenvalue weighted by molar-refractivity contribution is -0.120. The van der Waals surface area contributed by atoms with E-state index in [2.05, 4.69) is 9.97 Å². The van der Waals surface area contributed by atoms with Crippen LogP contribution >= 0.6 is 0 Å². The first-order chi connectivity index (χ1) is 15.0. The molecule has 2 aromatic rings. The van der Waals surface area contributed by atoms with Crippen molar-refractivity contribution in [2.45, 2.75) is 30.9 Å². The van der Waals surface area contributed by atoms with Crippen LogP contribution in [0.15, 0.2) is 36.7 Å². The van der Waals surface area contributed by atoms with E-state index in [4.69, 9.17) is 0 Å². The number of hydrogen-bond acceptors (Lipinski definition) is 6. The molecule has 0 radical (unpaired) electrons. The van der Waals surface area contributed by atoms with Crippen LogP contribution in [0.5, 0.6) is 0 Å². The van der Waals surface area contributed by atoms with Crippen molar-refractivity contribution in [3.63, 3.8) is 0 Å². The Kier molecular flexibility index (Phi) is 5.33. The summed E-state index contributed by atoms with van der Waals surface area (Å²) in [5.41, 5.74) is 2.58. The van der Waals surface area contributed by atoms with Crippen molar-refractivity contribution in [2.24, 2.45) is 11.8 Å². The van der Waals surface area contributed by atoms with Crippen LogP contribution in [-0.2, 0) is 22.0 Å². The second-order valence-electron chi connectivity index (χ2n) is 8.78. The molecule has 2 atom stereocenters. The van der Waals surface area contributed by atoms with Crippen molar-refractivity contribution in [2.75, 3.05) is 35.7 Å². The lowest BCUT2D eigenvalue weighted by atomic mass is 9.96. The van der Waals surface area contributed by atoms with Gasteiger partial charge in [0.05, 0.1) is 23.3 Å². The molecular weight excluding hydrogens is 412 g/mol. The minimum atomic E-state index is -0.820. The molecule has 0 N–H and O–H groups in total. The van der Waals surface area contributed by atoms with Crippen molar-refractivity contribution in [1.29, 1.82) is 0 Å². The van der Waals surface area contributed by atoms with E-state index in [9.17, 15) is 13.8 Å². The van der Waals surface area contributed by atoms with Gasteiger partial charge in [-0.2, -0.15) is 0 Å². The van der Waals surface area contributed by atoms with Gasteiger partial charge >= 0.3 is 0 Å². The predicted molar refractivity (Wildman–Crippen MR) is 120 cm³/mol. The van der Waals surface area contributed by atoms with Crippen molar-refractivity contribution in [3.8, 4) is 0 Å². The van der Waals surface area contributed by atoms with Crippen LogP contribution in [0.1, 0.15) is 35.2 Å². The SMILES string of the molecule is CS(=O)C1CN(c2ncc(N3CCC(Cc4ccc(C(=O)C5CC5)cc4)C3=O)cn2)C1. The van der Waals surface area contributed by atoms with E-state index >= 15 is 0 Å². The maximum atomic E-state index is 13.0. The highest BCUT2D eigenvalue weighted by Gasteiger charge is 2.35. The molecule has 31 heavy (non-hydrogen) atoms.